The number of aliphatic carboxylic acids is 1. The van der Waals surface area contributed by atoms with E-state index < -0.39 is 21.2 Å². The summed E-state index contributed by atoms with van der Waals surface area (Å²) in [5.74, 6) is -0.815. The number of carboxylic acids is 1. The number of hydrogen-bond donors (Lipinski definition) is 1. The minimum atomic E-state index is -3.27. The van der Waals surface area contributed by atoms with Gasteiger partial charge in [-0.15, -0.1) is 0 Å². The maximum Gasteiger partial charge on any atom is 0.314 e. The fourth-order valence-corrected chi connectivity index (χ4v) is 5.95. The molecule has 1 aromatic rings. The van der Waals surface area contributed by atoms with Crippen LogP contribution in [0.3, 0.4) is 0 Å². The zero-order valence-electron chi connectivity index (χ0n) is 11.5. The molecule has 114 valence electrons. The van der Waals surface area contributed by atoms with Crippen LogP contribution in [0, 0.1) is 0 Å². The third-order valence-electron chi connectivity index (χ3n) is 4.62. The molecule has 0 saturated heterocycles. The largest absolute Gasteiger partial charge is 0.481 e. The SMILES string of the molecule is O=C(O)C1(c2ccc(S(=O)(=O)C3CC3)c(Br)c2)CCCC1. The molecule has 4 nitrogen and oxygen atoms in total. The van der Waals surface area contributed by atoms with Crippen molar-refractivity contribution in [3.8, 4) is 0 Å². The van der Waals surface area contributed by atoms with Gasteiger partial charge in [-0.05, 0) is 59.3 Å². The Hall–Kier alpha value is -0.880. The van der Waals surface area contributed by atoms with Crippen LogP contribution < -0.4 is 0 Å². The molecule has 0 aliphatic heterocycles. The molecule has 0 spiro atoms. The lowest BCUT2D eigenvalue weighted by Crippen LogP contribution is -2.32. The van der Waals surface area contributed by atoms with Gasteiger partial charge in [0.15, 0.2) is 9.84 Å². The van der Waals surface area contributed by atoms with Crippen LogP contribution in [0.15, 0.2) is 27.6 Å². The van der Waals surface area contributed by atoms with E-state index in [4.69, 9.17) is 0 Å². The molecule has 1 N–H and O–H groups in total. The molecule has 0 radical (unpaired) electrons. The molecule has 0 atom stereocenters. The topological polar surface area (TPSA) is 71.4 Å². The van der Waals surface area contributed by atoms with E-state index in [1.807, 2.05) is 0 Å². The first-order valence-electron chi connectivity index (χ1n) is 7.15. The lowest BCUT2D eigenvalue weighted by atomic mass is 9.79. The molecule has 2 fully saturated rings. The molecule has 2 saturated carbocycles. The summed E-state index contributed by atoms with van der Waals surface area (Å²) in [6.07, 6.45) is 4.45. The summed E-state index contributed by atoms with van der Waals surface area (Å²) in [6.45, 7) is 0. The summed E-state index contributed by atoms with van der Waals surface area (Å²) in [6, 6.07) is 4.93. The van der Waals surface area contributed by atoms with E-state index in [0.717, 1.165) is 25.7 Å². The highest BCUT2D eigenvalue weighted by Crippen LogP contribution is 2.44. The van der Waals surface area contributed by atoms with Crippen molar-refractivity contribution < 1.29 is 18.3 Å². The first-order valence-corrected chi connectivity index (χ1v) is 9.49. The lowest BCUT2D eigenvalue weighted by Gasteiger charge is -2.25. The van der Waals surface area contributed by atoms with Gasteiger partial charge in [0.05, 0.1) is 15.6 Å². The van der Waals surface area contributed by atoms with E-state index in [9.17, 15) is 18.3 Å². The Bertz CT molecular complexity index is 686. The molecule has 2 aliphatic rings. The maximum absolute atomic E-state index is 12.3. The smallest absolute Gasteiger partial charge is 0.314 e. The van der Waals surface area contributed by atoms with Gasteiger partial charge in [-0.1, -0.05) is 18.9 Å². The van der Waals surface area contributed by atoms with Crippen LogP contribution in [0.25, 0.3) is 0 Å². The molecule has 0 unspecified atom stereocenters. The van der Waals surface area contributed by atoms with Gasteiger partial charge in [0.25, 0.3) is 0 Å². The molecule has 3 rings (SSSR count). The van der Waals surface area contributed by atoms with Gasteiger partial charge < -0.3 is 5.11 Å². The summed E-state index contributed by atoms with van der Waals surface area (Å²) >= 11 is 3.33. The fourth-order valence-electron chi connectivity index (χ4n) is 3.19. The Morgan fingerprint density at radius 3 is 2.33 bits per heavy atom. The Balaban J connectivity index is 2.03. The van der Waals surface area contributed by atoms with Crippen molar-refractivity contribution in [3.05, 3.63) is 28.2 Å². The first kappa shape index (κ1) is 15.0. The van der Waals surface area contributed by atoms with E-state index in [-0.39, 0.29) is 10.1 Å². The highest BCUT2D eigenvalue weighted by atomic mass is 79.9. The van der Waals surface area contributed by atoms with Crippen molar-refractivity contribution in [2.45, 2.75) is 54.1 Å². The van der Waals surface area contributed by atoms with Crippen molar-refractivity contribution in [1.82, 2.24) is 0 Å². The van der Waals surface area contributed by atoms with Crippen LogP contribution in [0.1, 0.15) is 44.1 Å². The number of sulfone groups is 1. The molecule has 2 aliphatic carbocycles. The number of hydrogen-bond acceptors (Lipinski definition) is 3. The molecule has 21 heavy (non-hydrogen) atoms. The van der Waals surface area contributed by atoms with Crippen molar-refractivity contribution >= 4 is 31.7 Å². The average molecular weight is 373 g/mol. The normalized spacial score (nSPS) is 21.4. The lowest BCUT2D eigenvalue weighted by molar-refractivity contribution is -0.143. The molecular weight excluding hydrogens is 356 g/mol. The predicted octanol–water partition coefficient (Wildman–Crippen LogP) is 3.28. The van der Waals surface area contributed by atoms with Crippen LogP contribution in [0.4, 0.5) is 0 Å². The summed E-state index contributed by atoms with van der Waals surface area (Å²) in [5, 5.41) is 9.34. The van der Waals surface area contributed by atoms with Gasteiger partial charge in [-0.25, -0.2) is 8.42 Å². The zero-order valence-corrected chi connectivity index (χ0v) is 13.9. The van der Waals surface area contributed by atoms with Crippen molar-refractivity contribution in [2.75, 3.05) is 0 Å². The molecule has 1 aromatic carbocycles. The number of benzene rings is 1. The number of carboxylic acid groups (broad SMARTS) is 1. The summed E-state index contributed by atoms with van der Waals surface area (Å²) in [4.78, 5) is 12.0. The fraction of sp³-hybridized carbons (Fsp3) is 0.533. The predicted molar refractivity (Wildman–Crippen MR) is 82.1 cm³/mol. The molecular formula is C15H17BrO4S. The van der Waals surface area contributed by atoms with Crippen molar-refractivity contribution in [1.29, 1.82) is 0 Å². The third kappa shape index (κ3) is 2.42. The van der Waals surface area contributed by atoms with Gasteiger partial charge in [0, 0.05) is 4.47 Å². The Labute approximate surface area is 132 Å². The highest BCUT2D eigenvalue weighted by Gasteiger charge is 2.44. The van der Waals surface area contributed by atoms with Crippen LogP contribution >= 0.6 is 15.9 Å². The molecule has 0 bridgehead atoms. The van der Waals surface area contributed by atoms with E-state index in [1.54, 1.807) is 18.2 Å². The second-order valence-corrected chi connectivity index (χ2v) is 9.03. The van der Waals surface area contributed by atoms with Gasteiger partial charge in [0.2, 0.25) is 0 Å². The van der Waals surface area contributed by atoms with Gasteiger partial charge in [-0.3, -0.25) is 4.79 Å². The van der Waals surface area contributed by atoms with E-state index in [2.05, 4.69) is 15.9 Å². The summed E-state index contributed by atoms with van der Waals surface area (Å²) in [7, 11) is -3.27. The molecule has 0 amide bonds. The second kappa shape index (κ2) is 5.09. The van der Waals surface area contributed by atoms with Crippen LogP contribution in [0.5, 0.6) is 0 Å². The minimum absolute atomic E-state index is 0.264. The van der Waals surface area contributed by atoms with Crippen molar-refractivity contribution in [3.63, 3.8) is 0 Å². The van der Waals surface area contributed by atoms with E-state index >= 15 is 0 Å². The maximum atomic E-state index is 12.3. The quantitative estimate of drug-likeness (QED) is 0.879. The van der Waals surface area contributed by atoms with Crippen LogP contribution in [-0.4, -0.2) is 24.7 Å². The Morgan fingerprint density at radius 2 is 1.86 bits per heavy atom. The van der Waals surface area contributed by atoms with Gasteiger partial charge in [-0.2, -0.15) is 0 Å². The van der Waals surface area contributed by atoms with Gasteiger partial charge in [0.1, 0.15) is 0 Å². The molecule has 0 heterocycles. The average Bonchev–Trinajstić information content (AvgIpc) is 3.16. The second-order valence-electron chi connectivity index (χ2n) is 5.98. The minimum Gasteiger partial charge on any atom is -0.481 e. The van der Waals surface area contributed by atoms with Gasteiger partial charge >= 0.3 is 5.97 Å². The van der Waals surface area contributed by atoms with Crippen LogP contribution in [-0.2, 0) is 20.0 Å². The summed E-state index contributed by atoms with van der Waals surface area (Å²) in [5.41, 5.74) is -0.154. The Kier molecular flexibility index (Phi) is 3.64. The standard InChI is InChI=1S/C15H17BrO4S/c16-12-9-10(15(14(17)18)7-1-2-8-15)3-6-13(12)21(19,20)11-4-5-11/h3,6,9,11H,1-2,4-5,7-8H2,(H,17,18). The monoisotopic (exact) mass is 372 g/mol. The highest BCUT2D eigenvalue weighted by molar-refractivity contribution is 9.10. The first-order chi connectivity index (χ1) is 9.88. The zero-order chi connectivity index (χ0) is 15.3. The number of halogens is 1. The van der Waals surface area contributed by atoms with E-state index in [1.165, 1.54) is 0 Å². The number of carbonyl (C=O) groups is 1. The Morgan fingerprint density at radius 1 is 1.24 bits per heavy atom. The molecule has 6 heteroatoms. The molecule has 0 aromatic heterocycles. The third-order valence-corrected chi connectivity index (χ3v) is 7.86. The van der Waals surface area contributed by atoms with Crippen molar-refractivity contribution in [2.24, 2.45) is 0 Å². The number of rotatable bonds is 4. The summed E-state index contributed by atoms with van der Waals surface area (Å²) < 4.78 is 25.1. The van der Waals surface area contributed by atoms with E-state index in [0.29, 0.717) is 22.9 Å². The van der Waals surface area contributed by atoms with Crippen LogP contribution in [0.2, 0.25) is 0 Å².